The van der Waals surface area contributed by atoms with Crippen LogP contribution in [0.25, 0.3) is 0 Å². The molecule has 2 aromatic carbocycles. The largest absolute Gasteiger partial charge is 0.358 e. The molecule has 1 aromatic heterocycles. The van der Waals surface area contributed by atoms with Crippen LogP contribution in [0.1, 0.15) is 48.1 Å². The minimum absolute atomic E-state index is 0.171. The number of rotatable bonds is 7. The second kappa shape index (κ2) is 10.2. The summed E-state index contributed by atoms with van der Waals surface area (Å²) >= 11 is 6.59. The fourth-order valence-corrected chi connectivity index (χ4v) is 5.10. The number of hydrogen-bond donors (Lipinski definition) is 1. The number of nitrogens with zero attached hydrogens (tertiary/aromatic N) is 3. The summed E-state index contributed by atoms with van der Waals surface area (Å²) in [6, 6.07) is 10.5. The van der Waals surface area contributed by atoms with E-state index in [2.05, 4.69) is 19.8 Å². The molecule has 180 valence electrons. The van der Waals surface area contributed by atoms with Crippen molar-refractivity contribution in [3.05, 3.63) is 87.7 Å². The van der Waals surface area contributed by atoms with Crippen molar-refractivity contribution < 1.29 is 18.0 Å². The molecule has 0 saturated carbocycles. The number of likely N-dealkylation sites (N-methyl/N-ethyl adjacent to an activating group) is 1. The van der Waals surface area contributed by atoms with Gasteiger partial charge in [-0.3, -0.25) is 9.69 Å². The number of halogens is 4. The van der Waals surface area contributed by atoms with E-state index in [1.54, 1.807) is 7.05 Å². The number of amides is 1. The fourth-order valence-electron chi connectivity index (χ4n) is 4.78. The molecule has 0 aliphatic carbocycles. The summed E-state index contributed by atoms with van der Waals surface area (Å²) < 4.78 is 43.2. The number of benzene rings is 2. The summed E-state index contributed by atoms with van der Waals surface area (Å²) in [6.07, 6.45) is 1.35. The summed E-state index contributed by atoms with van der Waals surface area (Å²) in [4.78, 5) is 19.6. The molecule has 34 heavy (non-hydrogen) atoms. The molecule has 1 amide bonds. The Kier molecular flexibility index (Phi) is 7.28. The molecule has 4 rings (SSSR count). The topological polar surface area (TPSA) is 50.2 Å². The highest BCUT2D eigenvalue weighted by molar-refractivity contribution is 6.30. The lowest BCUT2D eigenvalue weighted by Gasteiger charge is -2.41. The Hall–Kier alpha value is -2.84. The van der Waals surface area contributed by atoms with Crippen LogP contribution in [0.5, 0.6) is 0 Å². The van der Waals surface area contributed by atoms with Gasteiger partial charge in [0.25, 0.3) is 0 Å². The van der Waals surface area contributed by atoms with Crippen LogP contribution in [-0.4, -0.2) is 34.0 Å². The first kappa shape index (κ1) is 24.3. The Labute approximate surface area is 201 Å². The van der Waals surface area contributed by atoms with E-state index in [1.165, 1.54) is 0 Å². The Balaban J connectivity index is 1.75. The van der Waals surface area contributed by atoms with Gasteiger partial charge in [-0.1, -0.05) is 48.9 Å². The molecule has 0 fully saturated rings. The number of imidazole rings is 1. The van der Waals surface area contributed by atoms with Crippen molar-refractivity contribution in [2.24, 2.45) is 0 Å². The van der Waals surface area contributed by atoms with Gasteiger partial charge in [0.2, 0.25) is 5.91 Å². The van der Waals surface area contributed by atoms with Crippen molar-refractivity contribution in [1.29, 1.82) is 0 Å². The smallest absolute Gasteiger partial charge is 0.241 e. The van der Waals surface area contributed by atoms with Gasteiger partial charge in [-0.15, -0.1) is 0 Å². The standard InChI is InChI=1S/C25H26ClF3N4O/c1-3-20-31-24(26)23-19(10-9-15-13-17(27)21(29)18(28)14-15)32(11-12-33(20)23)22(25(34)30-2)16-7-5-4-6-8-16/h4-8,13-14,19,22H,3,9-12H2,1-2H3,(H,30,34)/t19-,22+/m0/s1. The summed E-state index contributed by atoms with van der Waals surface area (Å²) in [7, 11) is 1.59. The Morgan fingerprint density at radius 1 is 1.18 bits per heavy atom. The zero-order valence-corrected chi connectivity index (χ0v) is 19.7. The first-order valence-electron chi connectivity index (χ1n) is 11.3. The molecule has 3 aromatic rings. The number of hydrogen-bond acceptors (Lipinski definition) is 3. The zero-order chi connectivity index (χ0) is 24.4. The minimum atomic E-state index is -1.49. The molecule has 9 heteroatoms. The second-order valence-electron chi connectivity index (χ2n) is 8.30. The highest BCUT2D eigenvalue weighted by Gasteiger charge is 2.39. The maximum absolute atomic E-state index is 13.8. The SMILES string of the molecule is CCc1nc(Cl)c2n1CCN([C@@H](C(=O)NC)c1ccccc1)[C@H]2CCc1cc(F)c(F)c(F)c1. The van der Waals surface area contributed by atoms with Gasteiger partial charge in [0, 0.05) is 26.6 Å². The molecular formula is C25H26ClF3N4O. The second-order valence-corrected chi connectivity index (χ2v) is 8.66. The summed E-state index contributed by atoms with van der Waals surface area (Å²) in [5, 5.41) is 3.11. The molecule has 2 heterocycles. The number of aryl methyl sites for hydroxylation is 2. The third kappa shape index (κ3) is 4.57. The van der Waals surface area contributed by atoms with Gasteiger partial charge in [0.05, 0.1) is 11.7 Å². The summed E-state index contributed by atoms with van der Waals surface area (Å²) in [5.41, 5.74) is 1.93. The summed E-state index contributed by atoms with van der Waals surface area (Å²) in [6.45, 7) is 3.15. The van der Waals surface area contributed by atoms with Crippen molar-refractivity contribution >= 4 is 17.5 Å². The number of aromatic nitrogens is 2. The number of carbonyl (C=O) groups is 1. The Morgan fingerprint density at radius 3 is 2.47 bits per heavy atom. The van der Waals surface area contributed by atoms with Gasteiger partial charge in [-0.2, -0.15) is 0 Å². The number of carbonyl (C=O) groups excluding carboxylic acids is 1. The fraction of sp³-hybridized carbons (Fsp3) is 0.360. The highest BCUT2D eigenvalue weighted by atomic mass is 35.5. The van der Waals surface area contributed by atoms with E-state index >= 15 is 0 Å². The average Bonchev–Trinajstić information content (AvgIpc) is 3.18. The van der Waals surface area contributed by atoms with Crippen molar-refractivity contribution in [3.63, 3.8) is 0 Å². The lowest BCUT2D eigenvalue weighted by atomic mass is 9.95. The van der Waals surface area contributed by atoms with Gasteiger partial charge in [0.1, 0.15) is 11.9 Å². The van der Waals surface area contributed by atoms with Crippen molar-refractivity contribution in [3.8, 4) is 0 Å². The van der Waals surface area contributed by atoms with Crippen molar-refractivity contribution in [2.75, 3.05) is 13.6 Å². The quantitative estimate of drug-likeness (QED) is 0.474. The Morgan fingerprint density at radius 2 is 1.85 bits per heavy atom. The van der Waals surface area contributed by atoms with Gasteiger partial charge >= 0.3 is 0 Å². The predicted octanol–water partition coefficient (Wildman–Crippen LogP) is 4.99. The van der Waals surface area contributed by atoms with Crippen LogP contribution in [0, 0.1) is 17.5 Å². The van der Waals surface area contributed by atoms with Gasteiger partial charge in [-0.25, -0.2) is 18.2 Å². The van der Waals surface area contributed by atoms with E-state index in [9.17, 15) is 18.0 Å². The molecule has 1 aliphatic heterocycles. The summed E-state index contributed by atoms with van der Waals surface area (Å²) in [5.74, 6) is -3.26. The third-order valence-electron chi connectivity index (χ3n) is 6.35. The van der Waals surface area contributed by atoms with Crippen LogP contribution in [0.15, 0.2) is 42.5 Å². The predicted molar refractivity (Wildman–Crippen MR) is 124 cm³/mol. The average molecular weight is 491 g/mol. The highest BCUT2D eigenvalue weighted by Crippen LogP contribution is 2.40. The minimum Gasteiger partial charge on any atom is -0.358 e. The first-order chi connectivity index (χ1) is 16.3. The van der Waals surface area contributed by atoms with E-state index in [4.69, 9.17) is 11.6 Å². The van der Waals surface area contributed by atoms with Crippen molar-refractivity contribution in [2.45, 2.75) is 44.8 Å². The van der Waals surface area contributed by atoms with E-state index in [1.807, 2.05) is 37.3 Å². The van der Waals surface area contributed by atoms with Crippen LogP contribution < -0.4 is 5.32 Å². The molecule has 0 saturated heterocycles. The van der Waals surface area contributed by atoms with Crippen LogP contribution in [-0.2, 0) is 24.2 Å². The van der Waals surface area contributed by atoms with Gasteiger partial charge in [0.15, 0.2) is 22.6 Å². The van der Waals surface area contributed by atoms with Crippen LogP contribution in [0.2, 0.25) is 5.15 Å². The molecule has 0 bridgehead atoms. The lowest BCUT2D eigenvalue weighted by molar-refractivity contribution is -0.128. The maximum Gasteiger partial charge on any atom is 0.241 e. The third-order valence-corrected chi connectivity index (χ3v) is 6.62. The normalized spacial score (nSPS) is 16.8. The van der Waals surface area contributed by atoms with Crippen molar-refractivity contribution in [1.82, 2.24) is 19.8 Å². The van der Waals surface area contributed by atoms with E-state index in [0.717, 1.165) is 29.2 Å². The molecular weight excluding hydrogens is 465 g/mol. The zero-order valence-electron chi connectivity index (χ0n) is 19.0. The molecule has 0 spiro atoms. The van der Waals surface area contributed by atoms with E-state index in [-0.39, 0.29) is 18.4 Å². The molecule has 2 atom stereocenters. The maximum atomic E-state index is 13.8. The molecule has 0 unspecified atom stereocenters. The molecule has 0 radical (unpaired) electrons. The van der Waals surface area contributed by atoms with E-state index in [0.29, 0.717) is 36.6 Å². The van der Waals surface area contributed by atoms with Crippen LogP contribution in [0.4, 0.5) is 13.2 Å². The monoisotopic (exact) mass is 490 g/mol. The molecule has 5 nitrogen and oxygen atoms in total. The first-order valence-corrected chi connectivity index (χ1v) is 11.6. The van der Waals surface area contributed by atoms with Crippen LogP contribution in [0.3, 0.4) is 0 Å². The lowest BCUT2D eigenvalue weighted by Crippen LogP contribution is -2.46. The van der Waals surface area contributed by atoms with Gasteiger partial charge in [-0.05, 0) is 36.1 Å². The number of fused-ring (bicyclic) bond motifs is 1. The Bertz CT molecular complexity index is 1160. The molecule has 1 aliphatic rings. The van der Waals surface area contributed by atoms with Crippen LogP contribution >= 0.6 is 11.6 Å². The molecule has 1 N–H and O–H groups in total. The number of nitrogens with one attached hydrogen (secondary N) is 1. The van der Waals surface area contributed by atoms with E-state index < -0.39 is 23.5 Å². The van der Waals surface area contributed by atoms with Gasteiger partial charge < -0.3 is 9.88 Å².